The first-order chi connectivity index (χ1) is 8.40. The Kier molecular flexibility index (Phi) is 3.41. The molecule has 96 valence electrons. The van der Waals surface area contributed by atoms with Crippen molar-refractivity contribution < 1.29 is 4.39 Å². The molecule has 0 amide bonds. The molecule has 1 aromatic carbocycles. The van der Waals surface area contributed by atoms with E-state index in [1.165, 1.54) is 17.8 Å². The van der Waals surface area contributed by atoms with Gasteiger partial charge in [0, 0.05) is 7.05 Å². The number of halogens is 2. The zero-order valence-corrected chi connectivity index (χ0v) is 11.4. The highest BCUT2D eigenvalue weighted by Gasteiger charge is 2.17. The van der Waals surface area contributed by atoms with Crippen LogP contribution >= 0.6 is 23.4 Å². The first-order valence-corrected chi connectivity index (χ1v) is 6.31. The van der Waals surface area contributed by atoms with Crippen molar-refractivity contribution in [3.05, 3.63) is 28.7 Å². The molecule has 0 aliphatic heterocycles. The minimum absolute atomic E-state index is 0.106. The summed E-state index contributed by atoms with van der Waals surface area (Å²) >= 11 is 6.95. The fraction of sp³-hybridized carbons (Fsp3) is 0.182. The number of aryl methyl sites for hydroxylation is 2. The molecule has 1 aromatic heterocycles. The lowest BCUT2D eigenvalue weighted by molar-refractivity contribution is 0.603. The second-order valence-electron chi connectivity index (χ2n) is 3.86. The van der Waals surface area contributed by atoms with Gasteiger partial charge in [0.1, 0.15) is 5.02 Å². The van der Waals surface area contributed by atoms with Crippen molar-refractivity contribution in [2.75, 3.05) is 11.5 Å². The Labute approximate surface area is 113 Å². The van der Waals surface area contributed by atoms with Crippen LogP contribution in [0.5, 0.6) is 0 Å². The van der Waals surface area contributed by atoms with Gasteiger partial charge in [-0.1, -0.05) is 23.4 Å². The Balaban J connectivity index is 2.47. The standard InChI is InChI=1S/C11H12ClFN4S/c1-5-3-8(17(2)16-5)18-11-7(15)4-6(14)9(12)10(11)13/h3-4H,14-15H2,1-2H3. The molecule has 18 heavy (non-hydrogen) atoms. The summed E-state index contributed by atoms with van der Waals surface area (Å²) in [4.78, 5) is 0.261. The van der Waals surface area contributed by atoms with Gasteiger partial charge in [-0.25, -0.2) is 4.39 Å². The van der Waals surface area contributed by atoms with Gasteiger partial charge in [-0.3, -0.25) is 4.68 Å². The molecule has 4 N–H and O–H groups in total. The van der Waals surface area contributed by atoms with E-state index in [0.29, 0.717) is 0 Å². The Hall–Kier alpha value is -1.40. The highest BCUT2D eigenvalue weighted by Crippen LogP contribution is 2.39. The van der Waals surface area contributed by atoms with Crippen molar-refractivity contribution in [1.82, 2.24) is 9.78 Å². The molecule has 0 aliphatic carbocycles. The number of nitrogens with zero attached hydrogens (tertiary/aromatic N) is 2. The summed E-state index contributed by atoms with van der Waals surface area (Å²) in [6.45, 7) is 1.86. The van der Waals surface area contributed by atoms with E-state index in [1.54, 1.807) is 11.7 Å². The molecule has 0 spiro atoms. The SMILES string of the molecule is Cc1cc(Sc2c(N)cc(N)c(Cl)c2F)n(C)n1. The monoisotopic (exact) mass is 286 g/mol. The number of nitrogen functional groups attached to an aromatic ring is 2. The fourth-order valence-corrected chi connectivity index (χ4v) is 2.73. The number of hydrogen-bond acceptors (Lipinski definition) is 4. The molecule has 2 rings (SSSR count). The van der Waals surface area contributed by atoms with Crippen LogP contribution in [0.1, 0.15) is 5.69 Å². The molecule has 0 radical (unpaired) electrons. The smallest absolute Gasteiger partial charge is 0.159 e. The Morgan fingerprint density at radius 2 is 2.00 bits per heavy atom. The van der Waals surface area contributed by atoms with E-state index in [0.717, 1.165) is 10.7 Å². The molecule has 1 heterocycles. The van der Waals surface area contributed by atoms with Crippen LogP contribution in [-0.2, 0) is 7.05 Å². The summed E-state index contributed by atoms with van der Waals surface area (Å²) in [6, 6.07) is 3.30. The molecule has 0 atom stereocenters. The van der Waals surface area contributed by atoms with Crippen molar-refractivity contribution in [1.29, 1.82) is 0 Å². The summed E-state index contributed by atoms with van der Waals surface area (Å²) in [6.07, 6.45) is 0. The first-order valence-electron chi connectivity index (χ1n) is 5.11. The maximum atomic E-state index is 14.0. The van der Waals surface area contributed by atoms with Gasteiger partial charge in [0.25, 0.3) is 0 Å². The topological polar surface area (TPSA) is 69.9 Å². The number of rotatable bonds is 2. The minimum atomic E-state index is -0.599. The van der Waals surface area contributed by atoms with Gasteiger partial charge in [0.05, 0.1) is 27.0 Å². The van der Waals surface area contributed by atoms with E-state index in [1.807, 2.05) is 13.0 Å². The van der Waals surface area contributed by atoms with Crippen LogP contribution in [0.3, 0.4) is 0 Å². The van der Waals surface area contributed by atoms with Crippen LogP contribution < -0.4 is 11.5 Å². The largest absolute Gasteiger partial charge is 0.398 e. The number of nitrogens with two attached hydrogens (primary N) is 2. The average molecular weight is 287 g/mol. The lowest BCUT2D eigenvalue weighted by atomic mass is 10.3. The van der Waals surface area contributed by atoms with Gasteiger partial charge in [-0.05, 0) is 19.1 Å². The van der Waals surface area contributed by atoms with Gasteiger partial charge in [0.15, 0.2) is 5.82 Å². The number of benzene rings is 1. The molecular formula is C11H12ClFN4S. The van der Waals surface area contributed by atoms with Gasteiger partial charge in [-0.15, -0.1) is 0 Å². The van der Waals surface area contributed by atoms with Gasteiger partial charge in [-0.2, -0.15) is 5.10 Å². The van der Waals surface area contributed by atoms with Crippen molar-refractivity contribution in [3.8, 4) is 0 Å². The van der Waals surface area contributed by atoms with E-state index in [2.05, 4.69) is 5.10 Å². The summed E-state index contributed by atoms with van der Waals surface area (Å²) < 4.78 is 15.7. The molecular weight excluding hydrogens is 275 g/mol. The molecule has 2 aromatic rings. The maximum Gasteiger partial charge on any atom is 0.159 e. The normalized spacial score (nSPS) is 10.9. The van der Waals surface area contributed by atoms with Crippen molar-refractivity contribution in [2.45, 2.75) is 16.8 Å². The second kappa shape index (κ2) is 4.70. The summed E-state index contributed by atoms with van der Waals surface area (Å²) in [7, 11) is 1.78. The van der Waals surface area contributed by atoms with Crippen molar-refractivity contribution in [2.24, 2.45) is 7.05 Å². The first kappa shape index (κ1) is 13.0. The fourth-order valence-electron chi connectivity index (χ4n) is 1.54. The third-order valence-corrected chi connectivity index (χ3v) is 3.98. The summed E-state index contributed by atoms with van der Waals surface area (Å²) in [5.74, 6) is -0.599. The molecule has 0 unspecified atom stereocenters. The minimum Gasteiger partial charge on any atom is -0.398 e. The quantitative estimate of drug-likeness (QED) is 0.833. The molecule has 0 bridgehead atoms. The van der Waals surface area contributed by atoms with Crippen molar-refractivity contribution in [3.63, 3.8) is 0 Å². The average Bonchev–Trinajstić information content (AvgIpc) is 2.60. The van der Waals surface area contributed by atoms with E-state index < -0.39 is 5.82 Å². The van der Waals surface area contributed by atoms with Gasteiger partial charge < -0.3 is 11.5 Å². The molecule has 0 saturated carbocycles. The van der Waals surface area contributed by atoms with E-state index in [4.69, 9.17) is 23.1 Å². The summed E-state index contributed by atoms with van der Waals surface area (Å²) in [5, 5.41) is 4.85. The van der Waals surface area contributed by atoms with Crippen LogP contribution in [-0.4, -0.2) is 9.78 Å². The van der Waals surface area contributed by atoms with Crippen LogP contribution in [0.15, 0.2) is 22.1 Å². The molecule has 0 aliphatic rings. The Bertz CT molecular complexity index is 612. The van der Waals surface area contributed by atoms with Crippen LogP contribution in [0.2, 0.25) is 5.02 Å². The maximum absolute atomic E-state index is 14.0. The molecule has 7 heteroatoms. The van der Waals surface area contributed by atoms with E-state index in [9.17, 15) is 4.39 Å². The zero-order chi connectivity index (χ0) is 13.4. The van der Waals surface area contributed by atoms with E-state index in [-0.39, 0.29) is 21.3 Å². The van der Waals surface area contributed by atoms with Gasteiger partial charge in [0.2, 0.25) is 0 Å². The number of aromatic nitrogens is 2. The summed E-state index contributed by atoms with van der Waals surface area (Å²) in [5.41, 5.74) is 12.6. The van der Waals surface area contributed by atoms with E-state index >= 15 is 0 Å². The van der Waals surface area contributed by atoms with Crippen LogP contribution in [0, 0.1) is 12.7 Å². The molecule has 4 nitrogen and oxygen atoms in total. The Morgan fingerprint density at radius 3 is 2.56 bits per heavy atom. The second-order valence-corrected chi connectivity index (χ2v) is 5.27. The molecule has 0 saturated heterocycles. The lowest BCUT2D eigenvalue weighted by Gasteiger charge is -2.10. The predicted molar refractivity (Wildman–Crippen MR) is 72.3 cm³/mol. The van der Waals surface area contributed by atoms with Crippen LogP contribution in [0.25, 0.3) is 0 Å². The van der Waals surface area contributed by atoms with Crippen LogP contribution in [0.4, 0.5) is 15.8 Å². The van der Waals surface area contributed by atoms with Gasteiger partial charge >= 0.3 is 0 Å². The third kappa shape index (κ3) is 2.26. The third-order valence-electron chi connectivity index (χ3n) is 2.38. The molecule has 0 fully saturated rings. The highest BCUT2D eigenvalue weighted by atomic mass is 35.5. The lowest BCUT2D eigenvalue weighted by Crippen LogP contribution is -1.99. The zero-order valence-electron chi connectivity index (χ0n) is 9.87. The predicted octanol–water partition coefficient (Wildman–Crippen LogP) is 2.84. The highest BCUT2D eigenvalue weighted by molar-refractivity contribution is 7.99. The number of hydrogen-bond donors (Lipinski definition) is 2. The Morgan fingerprint density at radius 1 is 1.33 bits per heavy atom. The van der Waals surface area contributed by atoms with Crippen molar-refractivity contribution >= 4 is 34.7 Å². The number of anilines is 2.